The number of hydrogen-bond acceptors (Lipinski definition) is 1. The lowest BCUT2D eigenvalue weighted by Gasteiger charge is -2.08. The van der Waals surface area contributed by atoms with E-state index in [2.05, 4.69) is 13.5 Å². The number of hydrogen-bond donors (Lipinski definition) is 0. The van der Waals surface area contributed by atoms with Crippen molar-refractivity contribution >= 4 is 11.6 Å². The molecule has 70 valence electrons. The van der Waals surface area contributed by atoms with Gasteiger partial charge in [-0.2, -0.15) is 0 Å². The summed E-state index contributed by atoms with van der Waals surface area (Å²) in [5, 5.41) is 0.698. The lowest BCUT2D eigenvalue weighted by Crippen LogP contribution is -2.05. The van der Waals surface area contributed by atoms with Crippen LogP contribution in [0.4, 0.5) is 0 Å². The zero-order valence-corrected chi connectivity index (χ0v) is 8.42. The summed E-state index contributed by atoms with van der Waals surface area (Å²) in [6, 6.07) is 7.39. The topological polar surface area (TPSA) is 9.23 Å². The Morgan fingerprint density at radius 3 is 3.00 bits per heavy atom. The second-order valence-corrected chi connectivity index (χ2v) is 3.42. The molecule has 13 heavy (non-hydrogen) atoms. The fraction of sp³-hybridized carbons (Fsp3) is 0.273. The molecule has 1 aromatic carbocycles. The van der Waals surface area contributed by atoms with Gasteiger partial charge in [-0.3, -0.25) is 0 Å². The normalized spacial score (nSPS) is 12.2. The summed E-state index contributed by atoms with van der Waals surface area (Å²) in [6.07, 6.45) is 1.87. The van der Waals surface area contributed by atoms with Crippen LogP contribution in [0.15, 0.2) is 36.9 Å². The second-order valence-electron chi connectivity index (χ2n) is 2.98. The van der Waals surface area contributed by atoms with E-state index in [1.807, 2.05) is 24.3 Å². The predicted molar refractivity (Wildman–Crippen MR) is 56.3 cm³/mol. The number of halogens is 1. The minimum atomic E-state index is 0.360. The largest absolute Gasteiger partial charge is 0.493 e. The SMILES string of the molecule is C=CC(C)COc1cccc(Cl)c1. The first-order valence-corrected chi connectivity index (χ1v) is 4.61. The first-order chi connectivity index (χ1) is 6.22. The summed E-state index contributed by atoms with van der Waals surface area (Å²) in [7, 11) is 0. The molecule has 1 rings (SSSR count). The third-order valence-corrected chi connectivity index (χ3v) is 1.95. The maximum atomic E-state index is 5.79. The highest BCUT2D eigenvalue weighted by molar-refractivity contribution is 6.30. The van der Waals surface area contributed by atoms with Crippen molar-refractivity contribution in [3.63, 3.8) is 0 Å². The molecule has 0 N–H and O–H groups in total. The summed E-state index contributed by atoms with van der Waals surface area (Å²) in [4.78, 5) is 0. The third kappa shape index (κ3) is 3.51. The fourth-order valence-electron chi connectivity index (χ4n) is 0.852. The molecule has 0 spiro atoms. The molecule has 0 saturated heterocycles. The molecule has 0 fully saturated rings. The van der Waals surface area contributed by atoms with Gasteiger partial charge in [0.2, 0.25) is 0 Å². The van der Waals surface area contributed by atoms with Crippen LogP contribution in [0.25, 0.3) is 0 Å². The Labute approximate surface area is 84.0 Å². The standard InChI is InChI=1S/C11H13ClO/c1-3-9(2)8-13-11-6-4-5-10(12)7-11/h3-7,9H,1,8H2,2H3. The molecule has 0 amide bonds. The van der Waals surface area contributed by atoms with Crippen LogP contribution in [0.5, 0.6) is 5.75 Å². The van der Waals surface area contributed by atoms with Crippen molar-refractivity contribution < 1.29 is 4.74 Å². The molecule has 0 heterocycles. The van der Waals surface area contributed by atoms with Gasteiger partial charge in [0.05, 0.1) is 6.61 Å². The fourth-order valence-corrected chi connectivity index (χ4v) is 1.03. The first kappa shape index (κ1) is 10.1. The van der Waals surface area contributed by atoms with Crippen LogP contribution in [0, 0.1) is 5.92 Å². The van der Waals surface area contributed by atoms with E-state index in [1.165, 1.54) is 0 Å². The van der Waals surface area contributed by atoms with Gasteiger partial charge in [0, 0.05) is 10.9 Å². The van der Waals surface area contributed by atoms with E-state index in [4.69, 9.17) is 16.3 Å². The van der Waals surface area contributed by atoms with E-state index < -0.39 is 0 Å². The van der Waals surface area contributed by atoms with Crippen LogP contribution in [0.1, 0.15) is 6.92 Å². The van der Waals surface area contributed by atoms with Crippen LogP contribution >= 0.6 is 11.6 Å². The molecule has 0 bridgehead atoms. The highest BCUT2D eigenvalue weighted by atomic mass is 35.5. The minimum Gasteiger partial charge on any atom is -0.493 e. The Bertz CT molecular complexity index is 283. The lowest BCUT2D eigenvalue weighted by atomic mass is 10.2. The Balaban J connectivity index is 2.49. The molecule has 1 unspecified atom stereocenters. The summed E-state index contributed by atoms with van der Waals surface area (Å²) in [5.74, 6) is 1.17. The quantitative estimate of drug-likeness (QED) is 0.670. The summed E-state index contributed by atoms with van der Waals surface area (Å²) < 4.78 is 5.48. The average molecular weight is 197 g/mol. The Kier molecular flexibility index (Phi) is 3.84. The smallest absolute Gasteiger partial charge is 0.120 e. The summed E-state index contributed by atoms with van der Waals surface area (Å²) in [5.41, 5.74) is 0. The van der Waals surface area contributed by atoms with Crippen molar-refractivity contribution in [2.75, 3.05) is 6.61 Å². The Morgan fingerprint density at radius 2 is 2.38 bits per heavy atom. The summed E-state index contributed by atoms with van der Waals surface area (Å²) in [6.45, 7) is 6.38. The van der Waals surface area contributed by atoms with Crippen LogP contribution in [-0.4, -0.2) is 6.61 Å². The lowest BCUT2D eigenvalue weighted by molar-refractivity contribution is 0.285. The van der Waals surface area contributed by atoms with Gasteiger partial charge in [-0.15, -0.1) is 6.58 Å². The zero-order valence-electron chi connectivity index (χ0n) is 7.66. The van der Waals surface area contributed by atoms with Crippen molar-refractivity contribution in [3.8, 4) is 5.75 Å². The molecule has 0 aliphatic carbocycles. The molecule has 1 aromatic rings. The highest BCUT2D eigenvalue weighted by Gasteiger charge is 1.98. The molecular weight excluding hydrogens is 184 g/mol. The van der Waals surface area contributed by atoms with E-state index >= 15 is 0 Å². The molecular formula is C11H13ClO. The van der Waals surface area contributed by atoms with Crippen molar-refractivity contribution in [3.05, 3.63) is 41.9 Å². The van der Waals surface area contributed by atoms with Gasteiger partial charge in [-0.05, 0) is 18.2 Å². The van der Waals surface area contributed by atoms with Crippen molar-refractivity contribution in [2.45, 2.75) is 6.92 Å². The molecule has 1 atom stereocenters. The number of rotatable bonds is 4. The van der Waals surface area contributed by atoms with Crippen molar-refractivity contribution in [1.82, 2.24) is 0 Å². The van der Waals surface area contributed by atoms with Gasteiger partial charge in [-0.1, -0.05) is 30.7 Å². The molecule has 0 radical (unpaired) electrons. The van der Waals surface area contributed by atoms with Gasteiger partial charge in [0.1, 0.15) is 5.75 Å². The zero-order chi connectivity index (χ0) is 9.68. The van der Waals surface area contributed by atoms with E-state index in [1.54, 1.807) is 6.07 Å². The average Bonchev–Trinajstić information content (AvgIpc) is 2.14. The monoisotopic (exact) mass is 196 g/mol. The molecule has 1 nitrogen and oxygen atoms in total. The maximum absolute atomic E-state index is 5.79. The molecule has 0 aromatic heterocycles. The number of ether oxygens (including phenoxy) is 1. The summed E-state index contributed by atoms with van der Waals surface area (Å²) >= 11 is 5.79. The van der Waals surface area contributed by atoms with Gasteiger partial charge < -0.3 is 4.74 Å². The van der Waals surface area contributed by atoms with Crippen LogP contribution in [0.3, 0.4) is 0 Å². The Hall–Kier alpha value is -0.950. The van der Waals surface area contributed by atoms with Gasteiger partial charge >= 0.3 is 0 Å². The van der Waals surface area contributed by atoms with E-state index in [-0.39, 0.29) is 0 Å². The first-order valence-electron chi connectivity index (χ1n) is 4.23. The molecule has 0 aliphatic rings. The third-order valence-electron chi connectivity index (χ3n) is 1.71. The molecule has 2 heteroatoms. The van der Waals surface area contributed by atoms with Crippen LogP contribution < -0.4 is 4.74 Å². The van der Waals surface area contributed by atoms with Crippen molar-refractivity contribution in [2.24, 2.45) is 5.92 Å². The molecule has 0 aliphatic heterocycles. The highest BCUT2D eigenvalue weighted by Crippen LogP contribution is 2.17. The maximum Gasteiger partial charge on any atom is 0.120 e. The van der Waals surface area contributed by atoms with Gasteiger partial charge in [-0.25, -0.2) is 0 Å². The van der Waals surface area contributed by atoms with E-state index in [0.29, 0.717) is 17.5 Å². The van der Waals surface area contributed by atoms with Gasteiger partial charge in [0.15, 0.2) is 0 Å². The number of benzene rings is 1. The van der Waals surface area contributed by atoms with E-state index in [9.17, 15) is 0 Å². The van der Waals surface area contributed by atoms with Crippen LogP contribution in [-0.2, 0) is 0 Å². The predicted octanol–water partition coefficient (Wildman–Crippen LogP) is 3.54. The van der Waals surface area contributed by atoms with Crippen molar-refractivity contribution in [1.29, 1.82) is 0 Å². The minimum absolute atomic E-state index is 0.360. The second kappa shape index (κ2) is 4.93. The van der Waals surface area contributed by atoms with Gasteiger partial charge in [0.25, 0.3) is 0 Å². The molecule has 0 saturated carbocycles. The Morgan fingerprint density at radius 1 is 1.62 bits per heavy atom. The van der Waals surface area contributed by atoms with E-state index in [0.717, 1.165) is 5.75 Å². The van der Waals surface area contributed by atoms with Crippen LogP contribution in [0.2, 0.25) is 5.02 Å².